The van der Waals surface area contributed by atoms with Gasteiger partial charge in [0.15, 0.2) is 0 Å². The van der Waals surface area contributed by atoms with Crippen molar-refractivity contribution < 1.29 is 18.7 Å². The number of nitrogens with zero attached hydrogens (tertiary/aromatic N) is 4. The van der Waals surface area contributed by atoms with E-state index < -0.39 is 0 Å². The first-order valence-corrected chi connectivity index (χ1v) is 14.9. The SMILES string of the molecule is COCCOc1ccc(N(Cc2cc(Cl)ccc2F)C2CCN(C(C)CCNC(=O)c3c(C)ncnc3C)CC2)cc1. The highest BCUT2D eigenvalue weighted by molar-refractivity contribution is 6.30. The number of nitrogens with one attached hydrogen (secondary N) is 1. The summed E-state index contributed by atoms with van der Waals surface area (Å²) in [5, 5.41) is 3.56. The van der Waals surface area contributed by atoms with E-state index in [0.717, 1.165) is 43.8 Å². The molecule has 0 spiro atoms. The Morgan fingerprint density at radius 2 is 1.81 bits per heavy atom. The van der Waals surface area contributed by atoms with Gasteiger partial charge in [-0.1, -0.05) is 11.6 Å². The number of aryl methyl sites for hydroxylation is 2. The Hall–Kier alpha value is -3.27. The predicted molar refractivity (Wildman–Crippen MR) is 164 cm³/mol. The highest BCUT2D eigenvalue weighted by atomic mass is 35.5. The van der Waals surface area contributed by atoms with Crippen LogP contribution in [0.25, 0.3) is 0 Å². The molecule has 0 radical (unpaired) electrons. The largest absolute Gasteiger partial charge is 0.491 e. The normalized spacial score (nSPS) is 14.9. The number of piperidine rings is 1. The van der Waals surface area contributed by atoms with Crippen LogP contribution >= 0.6 is 11.6 Å². The molecule has 2 aromatic carbocycles. The summed E-state index contributed by atoms with van der Waals surface area (Å²) in [5.41, 5.74) is 3.51. The Labute approximate surface area is 253 Å². The fourth-order valence-electron chi connectivity index (χ4n) is 5.48. The molecule has 1 saturated heterocycles. The van der Waals surface area contributed by atoms with Gasteiger partial charge in [0.1, 0.15) is 24.5 Å². The molecule has 1 amide bonds. The van der Waals surface area contributed by atoms with Crippen LogP contribution in [0.3, 0.4) is 0 Å². The standard InChI is InChI=1S/C32H41ClFN5O3/c1-22(11-14-35-32(40)31-23(2)36-21-37-24(31)3)38-15-12-28(13-16-38)39(20-25-19-26(33)5-10-30(25)34)27-6-8-29(9-7-27)42-18-17-41-4/h5-10,19,21-22,28H,11-18,20H2,1-4H3,(H,35,40). The van der Waals surface area contributed by atoms with Crippen molar-refractivity contribution in [1.82, 2.24) is 20.2 Å². The average Bonchev–Trinajstić information content (AvgIpc) is 2.98. The lowest BCUT2D eigenvalue weighted by Crippen LogP contribution is -2.48. The number of halogens is 2. The number of hydrogen-bond donors (Lipinski definition) is 1. The molecule has 2 heterocycles. The van der Waals surface area contributed by atoms with Gasteiger partial charge in [-0.05, 0) is 82.5 Å². The van der Waals surface area contributed by atoms with Crippen LogP contribution in [-0.4, -0.2) is 72.8 Å². The van der Waals surface area contributed by atoms with Crippen molar-refractivity contribution >= 4 is 23.2 Å². The zero-order chi connectivity index (χ0) is 30.1. The van der Waals surface area contributed by atoms with Crippen LogP contribution < -0.4 is 15.0 Å². The fraction of sp³-hybridized carbons (Fsp3) is 0.469. The van der Waals surface area contributed by atoms with Crippen LogP contribution in [0, 0.1) is 19.7 Å². The number of hydrogen-bond acceptors (Lipinski definition) is 7. The molecule has 0 saturated carbocycles. The molecule has 1 aromatic heterocycles. The maximum atomic E-state index is 14.8. The smallest absolute Gasteiger partial charge is 0.254 e. The summed E-state index contributed by atoms with van der Waals surface area (Å²) in [6, 6.07) is 13.2. The van der Waals surface area contributed by atoms with Crippen LogP contribution in [-0.2, 0) is 11.3 Å². The molecular formula is C32H41ClFN5O3. The van der Waals surface area contributed by atoms with Crippen LogP contribution in [0.15, 0.2) is 48.8 Å². The fourth-order valence-corrected chi connectivity index (χ4v) is 5.68. The van der Waals surface area contributed by atoms with Crippen LogP contribution in [0.5, 0.6) is 5.75 Å². The third kappa shape index (κ3) is 8.40. The topological polar surface area (TPSA) is 79.8 Å². The van der Waals surface area contributed by atoms with E-state index in [2.05, 4.69) is 32.0 Å². The van der Waals surface area contributed by atoms with Crippen molar-refractivity contribution in [2.45, 2.75) is 58.7 Å². The minimum absolute atomic E-state index is 0.129. The van der Waals surface area contributed by atoms with E-state index in [0.29, 0.717) is 59.9 Å². The second-order valence-electron chi connectivity index (χ2n) is 10.8. The molecule has 1 atom stereocenters. The van der Waals surface area contributed by atoms with E-state index in [1.54, 1.807) is 19.2 Å². The molecule has 3 aromatic rings. The quantitative estimate of drug-likeness (QED) is 0.257. The van der Waals surface area contributed by atoms with Crippen molar-refractivity contribution in [3.8, 4) is 5.75 Å². The number of benzene rings is 2. The van der Waals surface area contributed by atoms with E-state index in [1.807, 2.05) is 38.1 Å². The zero-order valence-corrected chi connectivity index (χ0v) is 25.7. The van der Waals surface area contributed by atoms with Gasteiger partial charge in [-0.3, -0.25) is 4.79 Å². The Morgan fingerprint density at radius 3 is 2.48 bits per heavy atom. The molecule has 8 nitrogen and oxygen atoms in total. The third-order valence-electron chi connectivity index (χ3n) is 7.94. The lowest BCUT2D eigenvalue weighted by Gasteiger charge is -2.42. The van der Waals surface area contributed by atoms with Crippen molar-refractivity contribution in [3.05, 3.63) is 82.1 Å². The maximum absolute atomic E-state index is 14.8. The summed E-state index contributed by atoms with van der Waals surface area (Å²) >= 11 is 6.23. The number of carbonyl (C=O) groups excluding carboxylic acids is 1. The van der Waals surface area contributed by atoms with Gasteiger partial charge < -0.3 is 24.6 Å². The molecule has 1 unspecified atom stereocenters. The molecule has 10 heteroatoms. The van der Waals surface area contributed by atoms with Crippen LogP contribution in [0.2, 0.25) is 5.02 Å². The molecule has 4 rings (SSSR count). The average molecular weight is 598 g/mol. The molecule has 0 aliphatic carbocycles. The molecule has 1 fully saturated rings. The summed E-state index contributed by atoms with van der Waals surface area (Å²) in [4.78, 5) is 25.8. The molecular weight excluding hydrogens is 557 g/mol. The minimum Gasteiger partial charge on any atom is -0.491 e. The number of likely N-dealkylation sites (tertiary alicyclic amines) is 1. The Bertz CT molecular complexity index is 1300. The van der Waals surface area contributed by atoms with E-state index in [-0.39, 0.29) is 17.8 Å². The van der Waals surface area contributed by atoms with Gasteiger partial charge in [-0.15, -0.1) is 0 Å². The zero-order valence-electron chi connectivity index (χ0n) is 24.9. The monoisotopic (exact) mass is 597 g/mol. The molecule has 1 aliphatic heterocycles. The summed E-state index contributed by atoms with van der Waals surface area (Å²) < 4.78 is 25.6. The van der Waals surface area contributed by atoms with Crippen molar-refractivity contribution in [2.75, 3.05) is 44.9 Å². The first kappa shape index (κ1) is 31.7. The van der Waals surface area contributed by atoms with E-state index in [9.17, 15) is 9.18 Å². The van der Waals surface area contributed by atoms with Gasteiger partial charge in [0, 0.05) is 61.6 Å². The number of amides is 1. The van der Waals surface area contributed by atoms with Crippen molar-refractivity contribution in [2.24, 2.45) is 0 Å². The molecule has 1 N–H and O–H groups in total. The van der Waals surface area contributed by atoms with Gasteiger partial charge in [-0.25, -0.2) is 14.4 Å². The second-order valence-corrected chi connectivity index (χ2v) is 11.2. The van der Waals surface area contributed by atoms with Crippen molar-refractivity contribution in [1.29, 1.82) is 0 Å². The van der Waals surface area contributed by atoms with Gasteiger partial charge in [0.2, 0.25) is 0 Å². The molecule has 42 heavy (non-hydrogen) atoms. The second kappa shape index (κ2) is 15.3. The lowest BCUT2D eigenvalue weighted by molar-refractivity contribution is 0.0943. The summed E-state index contributed by atoms with van der Waals surface area (Å²) in [6.45, 7) is 9.68. The van der Waals surface area contributed by atoms with Gasteiger partial charge in [0.05, 0.1) is 23.6 Å². The summed E-state index contributed by atoms with van der Waals surface area (Å²) in [6.07, 6.45) is 4.19. The van der Waals surface area contributed by atoms with E-state index in [4.69, 9.17) is 21.1 Å². The minimum atomic E-state index is -0.260. The lowest BCUT2D eigenvalue weighted by atomic mass is 9.99. The number of rotatable bonds is 13. The Kier molecular flexibility index (Phi) is 11.5. The van der Waals surface area contributed by atoms with E-state index in [1.165, 1.54) is 12.4 Å². The maximum Gasteiger partial charge on any atom is 0.254 e. The number of ether oxygens (including phenoxy) is 2. The Balaban J connectivity index is 1.37. The van der Waals surface area contributed by atoms with Gasteiger partial charge in [0.25, 0.3) is 5.91 Å². The first-order valence-electron chi connectivity index (χ1n) is 14.5. The summed E-state index contributed by atoms with van der Waals surface area (Å²) in [7, 11) is 1.65. The Morgan fingerprint density at radius 1 is 1.12 bits per heavy atom. The number of methoxy groups -OCH3 is 1. The third-order valence-corrected chi connectivity index (χ3v) is 8.17. The van der Waals surface area contributed by atoms with Gasteiger partial charge >= 0.3 is 0 Å². The molecule has 226 valence electrons. The number of anilines is 1. The highest BCUT2D eigenvalue weighted by Crippen LogP contribution is 2.30. The van der Waals surface area contributed by atoms with Crippen LogP contribution in [0.4, 0.5) is 10.1 Å². The van der Waals surface area contributed by atoms with Crippen LogP contribution in [0.1, 0.15) is 53.5 Å². The highest BCUT2D eigenvalue weighted by Gasteiger charge is 2.28. The predicted octanol–water partition coefficient (Wildman–Crippen LogP) is 5.59. The van der Waals surface area contributed by atoms with E-state index >= 15 is 0 Å². The van der Waals surface area contributed by atoms with Crippen molar-refractivity contribution in [3.63, 3.8) is 0 Å². The number of carbonyl (C=O) groups is 1. The first-order chi connectivity index (χ1) is 20.3. The number of aromatic nitrogens is 2. The summed E-state index contributed by atoms with van der Waals surface area (Å²) in [5.74, 6) is 0.380. The molecule has 1 aliphatic rings. The van der Waals surface area contributed by atoms with Gasteiger partial charge in [-0.2, -0.15) is 0 Å². The molecule has 0 bridgehead atoms.